The van der Waals surface area contributed by atoms with Gasteiger partial charge in [0.05, 0.1) is 11.3 Å². The van der Waals surface area contributed by atoms with Crippen molar-refractivity contribution in [2.45, 2.75) is 19.1 Å². The Kier molecular flexibility index (Phi) is 4.64. The Morgan fingerprint density at radius 2 is 2.17 bits per heavy atom. The summed E-state index contributed by atoms with van der Waals surface area (Å²) in [6.45, 7) is 2.16. The Labute approximate surface area is 111 Å². The van der Waals surface area contributed by atoms with Crippen molar-refractivity contribution in [3.8, 4) is 11.5 Å². The van der Waals surface area contributed by atoms with E-state index < -0.39 is 0 Å². The smallest absolute Gasteiger partial charge is 0.260 e. The highest BCUT2D eigenvalue weighted by Crippen LogP contribution is 2.26. The molecule has 0 aliphatic heterocycles. The Morgan fingerprint density at radius 3 is 2.94 bits per heavy atom. The molecule has 0 radical (unpaired) electrons. The number of benzene rings is 1. The molecule has 0 atom stereocenters. The van der Waals surface area contributed by atoms with E-state index in [0.717, 1.165) is 35.0 Å². The molecule has 0 saturated heterocycles. The van der Waals surface area contributed by atoms with Gasteiger partial charge in [0.2, 0.25) is 0 Å². The van der Waals surface area contributed by atoms with Crippen LogP contribution < -0.4 is 5.32 Å². The van der Waals surface area contributed by atoms with Crippen LogP contribution in [0.5, 0.6) is 0 Å². The topological polar surface area (TPSA) is 51.0 Å². The van der Waals surface area contributed by atoms with E-state index >= 15 is 0 Å². The van der Waals surface area contributed by atoms with Gasteiger partial charge in [-0.3, -0.25) is 0 Å². The number of hydrogen-bond donors (Lipinski definition) is 1. The molecular formula is C13H17N3OS. The standard InChI is InChI=1S/C13H17N3OS/c1-3-8-18-9-12-15-13(17-16-12)10-6-4-5-7-11(10)14-2/h4-7,14H,3,8-9H2,1-2H3. The normalized spacial score (nSPS) is 10.6. The van der Waals surface area contributed by atoms with E-state index in [1.807, 2.05) is 43.1 Å². The average Bonchev–Trinajstić information content (AvgIpc) is 2.88. The van der Waals surface area contributed by atoms with Crippen LogP contribution in [0.3, 0.4) is 0 Å². The molecule has 1 aromatic carbocycles. The Morgan fingerprint density at radius 1 is 1.33 bits per heavy atom. The van der Waals surface area contributed by atoms with Gasteiger partial charge >= 0.3 is 0 Å². The van der Waals surface area contributed by atoms with Crippen LogP contribution in [0, 0.1) is 0 Å². The molecule has 0 bridgehead atoms. The van der Waals surface area contributed by atoms with Crippen LogP contribution >= 0.6 is 11.8 Å². The maximum atomic E-state index is 5.31. The predicted octanol–water partition coefficient (Wildman–Crippen LogP) is 3.42. The van der Waals surface area contributed by atoms with Crippen LogP contribution in [0.2, 0.25) is 0 Å². The summed E-state index contributed by atoms with van der Waals surface area (Å²) >= 11 is 1.82. The quantitative estimate of drug-likeness (QED) is 0.809. The molecule has 1 N–H and O–H groups in total. The van der Waals surface area contributed by atoms with Gasteiger partial charge in [0.1, 0.15) is 0 Å². The molecule has 4 nitrogen and oxygen atoms in total. The van der Waals surface area contributed by atoms with Crippen LogP contribution in [-0.2, 0) is 5.75 Å². The molecule has 0 amide bonds. The number of thioether (sulfide) groups is 1. The summed E-state index contributed by atoms with van der Waals surface area (Å²) in [5.41, 5.74) is 1.94. The lowest BCUT2D eigenvalue weighted by atomic mass is 10.2. The number of nitrogens with one attached hydrogen (secondary N) is 1. The van der Waals surface area contributed by atoms with Gasteiger partial charge in [0.15, 0.2) is 5.82 Å². The van der Waals surface area contributed by atoms with Crippen molar-refractivity contribution in [1.82, 2.24) is 10.1 Å². The van der Waals surface area contributed by atoms with Gasteiger partial charge in [0.25, 0.3) is 5.89 Å². The van der Waals surface area contributed by atoms with Crippen LogP contribution in [0.25, 0.3) is 11.5 Å². The third-order valence-electron chi connectivity index (χ3n) is 2.47. The summed E-state index contributed by atoms with van der Waals surface area (Å²) in [6.07, 6.45) is 1.16. The largest absolute Gasteiger partial charge is 0.387 e. The summed E-state index contributed by atoms with van der Waals surface area (Å²) in [5, 5.41) is 7.13. The fraction of sp³-hybridized carbons (Fsp3) is 0.385. The minimum Gasteiger partial charge on any atom is -0.387 e. The fourth-order valence-electron chi connectivity index (χ4n) is 1.62. The zero-order valence-corrected chi connectivity index (χ0v) is 11.5. The maximum Gasteiger partial charge on any atom is 0.260 e. The van der Waals surface area contributed by atoms with E-state index in [4.69, 9.17) is 4.52 Å². The minimum absolute atomic E-state index is 0.576. The van der Waals surface area contributed by atoms with Crippen LogP contribution in [0.1, 0.15) is 19.2 Å². The highest BCUT2D eigenvalue weighted by Gasteiger charge is 2.11. The zero-order valence-electron chi connectivity index (χ0n) is 10.6. The lowest BCUT2D eigenvalue weighted by Crippen LogP contribution is -1.91. The molecule has 0 fully saturated rings. The number of nitrogens with zero attached hydrogens (tertiary/aromatic N) is 2. The highest BCUT2D eigenvalue weighted by atomic mass is 32.2. The first-order chi connectivity index (χ1) is 8.85. The minimum atomic E-state index is 0.576. The number of hydrogen-bond acceptors (Lipinski definition) is 5. The molecular weight excluding hydrogens is 246 g/mol. The second-order valence-electron chi connectivity index (χ2n) is 3.86. The average molecular weight is 263 g/mol. The molecule has 18 heavy (non-hydrogen) atoms. The molecule has 2 aromatic rings. The van der Waals surface area contributed by atoms with E-state index in [0.29, 0.717) is 5.89 Å². The summed E-state index contributed by atoms with van der Waals surface area (Å²) in [5.74, 6) is 3.26. The molecule has 5 heteroatoms. The lowest BCUT2D eigenvalue weighted by Gasteiger charge is -2.03. The van der Waals surface area contributed by atoms with Gasteiger partial charge in [-0.2, -0.15) is 16.7 Å². The second-order valence-corrected chi connectivity index (χ2v) is 4.97. The van der Waals surface area contributed by atoms with Crippen molar-refractivity contribution in [2.24, 2.45) is 0 Å². The first-order valence-corrected chi connectivity index (χ1v) is 7.18. The zero-order chi connectivity index (χ0) is 12.8. The molecule has 0 saturated carbocycles. The molecule has 1 heterocycles. The van der Waals surface area contributed by atoms with Gasteiger partial charge in [-0.05, 0) is 24.3 Å². The van der Waals surface area contributed by atoms with Gasteiger partial charge < -0.3 is 9.84 Å². The number of aromatic nitrogens is 2. The second kappa shape index (κ2) is 6.44. The summed E-state index contributed by atoms with van der Waals surface area (Å²) in [7, 11) is 1.88. The third-order valence-corrected chi connectivity index (χ3v) is 3.63. The molecule has 2 rings (SSSR count). The van der Waals surface area contributed by atoms with Gasteiger partial charge in [0, 0.05) is 12.7 Å². The van der Waals surface area contributed by atoms with Crippen molar-refractivity contribution in [2.75, 3.05) is 18.1 Å². The fourth-order valence-corrected chi connectivity index (χ4v) is 2.35. The van der Waals surface area contributed by atoms with Crippen molar-refractivity contribution in [3.63, 3.8) is 0 Å². The Bertz CT molecular complexity index is 498. The highest BCUT2D eigenvalue weighted by molar-refractivity contribution is 7.98. The number of para-hydroxylation sites is 1. The van der Waals surface area contributed by atoms with Gasteiger partial charge in [-0.1, -0.05) is 24.2 Å². The number of rotatable bonds is 6. The maximum absolute atomic E-state index is 5.31. The molecule has 1 aromatic heterocycles. The Balaban J connectivity index is 2.13. The SMILES string of the molecule is CCCSCc1noc(-c2ccccc2NC)n1. The monoisotopic (exact) mass is 263 g/mol. The summed E-state index contributed by atoms with van der Waals surface area (Å²) < 4.78 is 5.31. The predicted molar refractivity (Wildman–Crippen MR) is 75.7 cm³/mol. The van der Waals surface area contributed by atoms with Gasteiger partial charge in [-0.15, -0.1) is 0 Å². The first kappa shape index (κ1) is 13.0. The van der Waals surface area contributed by atoms with Crippen LogP contribution in [-0.4, -0.2) is 22.9 Å². The lowest BCUT2D eigenvalue weighted by molar-refractivity contribution is 0.425. The Hall–Kier alpha value is -1.49. The van der Waals surface area contributed by atoms with E-state index in [1.54, 1.807) is 0 Å². The molecule has 0 aliphatic rings. The molecule has 96 valence electrons. The van der Waals surface area contributed by atoms with Crippen molar-refractivity contribution in [3.05, 3.63) is 30.1 Å². The van der Waals surface area contributed by atoms with E-state index in [1.165, 1.54) is 0 Å². The van der Waals surface area contributed by atoms with Crippen molar-refractivity contribution >= 4 is 17.4 Å². The molecule has 0 aliphatic carbocycles. The molecule has 0 spiro atoms. The van der Waals surface area contributed by atoms with E-state index in [-0.39, 0.29) is 0 Å². The van der Waals surface area contributed by atoms with Crippen molar-refractivity contribution in [1.29, 1.82) is 0 Å². The number of anilines is 1. The first-order valence-electron chi connectivity index (χ1n) is 6.02. The summed E-state index contributed by atoms with van der Waals surface area (Å²) in [4.78, 5) is 4.42. The van der Waals surface area contributed by atoms with Crippen LogP contribution in [0.4, 0.5) is 5.69 Å². The van der Waals surface area contributed by atoms with Crippen molar-refractivity contribution < 1.29 is 4.52 Å². The third kappa shape index (κ3) is 3.04. The van der Waals surface area contributed by atoms with E-state index in [9.17, 15) is 0 Å². The van der Waals surface area contributed by atoms with Gasteiger partial charge in [-0.25, -0.2) is 0 Å². The molecule has 0 unspecified atom stereocenters. The summed E-state index contributed by atoms with van der Waals surface area (Å²) in [6, 6.07) is 7.91. The van der Waals surface area contributed by atoms with E-state index in [2.05, 4.69) is 22.4 Å². The van der Waals surface area contributed by atoms with Crippen LogP contribution in [0.15, 0.2) is 28.8 Å².